The van der Waals surface area contributed by atoms with Gasteiger partial charge in [0.1, 0.15) is 6.10 Å². The number of methoxy groups -OCH3 is 1. The molecule has 3 atom stereocenters. The average Bonchev–Trinajstić information content (AvgIpc) is 2.38. The molecule has 2 rings (SSSR count). The third kappa shape index (κ3) is 3.02. The van der Waals surface area contributed by atoms with Crippen molar-refractivity contribution in [3.63, 3.8) is 0 Å². The molecule has 3 unspecified atom stereocenters. The molecule has 19 heavy (non-hydrogen) atoms. The van der Waals surface area contributed by atoms with E-state index in [0.717, 1.165) is 12.1 Å². The highest BCUT2D eigenvalue weighted by Gasteiger charge is 2.42. The van der Waals surface area contributed by atoms with Crippen molar-refractivity contribution in [1.29, 1.82) is 0 Å². The topological polar surface area (TPSA) is 73.6 Å². The predicted octanol–water partition coefficient (Wildman–Crippen LogP) is 2.20. The van der Waals surface area contributed by atoms with Gasteiger partial charge in [0.05, 0.1) is 17.1 Å². The molecule has 1 fully saturated rings. The maximum absolute atomic E-state index is 10.6. The minimum Gasteiger partial charge on any atom is -0.379 e. The molecule has 0 saturated heterocycles. The van der Waals surface area contributed by atoms with E-state index >= 15 is 0 Å². The van der Waals surface area contributed by atoms with Crippen molar-refractivity contribution in [3.05, 3.63) is 34.4 Å². The Kier molecular flexibility index (Phi) is 4.34. The second-order valence-electron chi connectivity index (χ2n) is 4.48. The summed E-state index contributed by atoms with van der Waals surface area (Å²) in [7, 11) is 1.67. The Morgan fingerprint density at radius 2 is 2.11 bits per heavy atom. The van der Waals surface area contributed by atoms with Gasteiger partial charge in [-0.15, -0.1) is 0 Å². The Hall–Kier alpha value is -1.66. The van der Waals surface area contributed by atoms with Gasteiger partial charge in [-0.3, -0.25) is 10.1 Å². The molecule has 0 aromatic heterocycles. The summed E-state index contributed by atoms with van der Waals surface area (Å²) in [4.78, 5) is 10.2. The molecule has 1 aliphatic rings. The molecule has 1 aromatic carbocycles. The van der Waals surface area contributed by atoms with E-state index in [4.69, 9.17) is 9.47 Å². The third-order valence-electron chi connectivity index (χ3n) is 3.33. The number of hydrogen-bond acceptors (Lipinski definition) is 5. The second-order valence-corrected chi connectivity index (χ2v) is 4.48. The van der Waals surface area contributed by atoms with Crippen LogP contribution in [0.4, 0.5) is 11.4 Å². The SMILES string of the molecule is CCOC1CC(Nc2ccc([N+](=O)[O-])cc2)C1OC. The van der Waals surface area contributed by atoms with Crippen LogP contribution in [0.3, 0.4) is 0 Å². The zero-order valence-electron chi connectivity index (χ0n) is 11.0. The largest absolute Gasteiger partial charge is 0.379 e. The first kappa shape index (κ1) is 13.8. The van der Waals surface area contributed by atoms with Crippen molar-refractivity contribution in [2.45, 2.75) is 31.6 Å². The highest BCUT2D eigenvalue weighted by atomic mass is 16.6. The Morgan fingerprint density at radius 3 is 2.63 bits per heavy atom. The van der Waals surface area contributed by atoms with Crippen LogP contribution >= 0.6 is 0 Å². The van der Waals surface area contributed by atoms with Crippen LogP contribution in [0.1, 0.15) is 13.3 Å². The van der Waals surface area contributed by atoms with Crippen LogP contribution in [0, 0.1) is 10.1 Å². The first-order valence-corrected chi connectivity index (χ1v) is 6.31. The van der Waals surface area contributed by atoms with Gasteiger partial charge in [0, 0.05) is 31.5 Å². The highest BCUT2D eigenvalue weighted by Crippen LogP contribution is 2.30. The zero-order chi connectivity index (χ0) is 13.8. The van der Waals surface area contributed by atoms with Gasteiger partial charge in [0.25, 0.3) is 5.69 Å². The molecule has 1 N–H and O–H groups in total. The van der Waals surface area contributed by atoms with Gasteiger partial charge in [-0.05, 0) is 25.5 Å². The summed E-state index contributed by atoms with van der Waals surface area (Å²) >= 11 is 0. The maximum Gasteiger partial charge on any atom is 0.269 e. The summed E-state index contributed by atoms with van der Waals surface area (Å²) < 4.78 is 10.9. The maximum atomic E-state index is 10.6. The summed E-state index contributed by atoms with van der Waals surface area (Å²) in [6.07, 6.45) is 1.03. The van der Waals surface area contributed by atoms with E-state index in [-0.39, 0.29) is 23.9 Å². The number of ether oxygens (including phenoxy) is 2. The van der Waals surface area contributed by atoms with E-state index in [0.29, 0.717) is 6.61 Å². The van der Waals surface area contributed by atoms with Crippen molar-refractivity contribution >= 4 is 11.4 Å². The molecule has 104 valence electrons. The molecule has 6 nitrogen and oxygen atoms in total. The van der Waals surface area contributed by atoms with E-state index in [9.17, 15) is 10.1 Å². The fourth-order valence-corrected chi connectivity index (χ4v) is 2.31. The molecule has 0 radical (unpaired) electrons. The monoisotopic (exact) mass is 266 g/mol. The van der Waals surface area contributed by atoms with Gasteiger partial charge in [-0.1, -0.05) is 0 Å². The lowest BCUT2D eigenvalue weighted by atomic mass is 9.85. The number of non-ortho nitro benzene ring substituents is 1. The fourth-order valence-electron chi connectivity index (χ4n) is 2.31. The predicted molar refractivity (Wildman–Crippen MR) is 71.3 cm³/mol. The quantitative estimate of drug-likeness (QED) is 0.631. The van der Waals surface area contributed by atoms with E-state index in [1.165, 1.54) is 12.1 Å². The molecule has 1 saturated carbocycles. The number of benzene rings is 1. The lowest BCUT2D eigenvalue weighted by Gasteiger charge is -2.43. The van der Waals surface area contributed by atoms with Crippen LogP contribution in [0.15, 0.2) is 24.3 Å². The number of nitrogens with one attached hydrogen (secondary N) is 1. The fraction of sp³-hybridized carbons (Fsp3) is 0.538. The lowest BCUT2D eigenvalue weighted by molar-refractivity contribution is -0.384. The smallest absolute Gasteiger partial charge is 0.269 e. The molecule has 0 heterocycles. The summed E-state index contributed by atoms with van der Waals surface area (Å²) in [6.45, 7) is 2.64. The van der Waals surface area contributed by atoms with Gasteiger partial charge < -0.3 is 14.8 Å². The van der Waals surface area contributed by atoms with Gasteiger partial charge in [0.15, 0.2) is 0 Å². The van der Waals surface area contributed by atoms with Crippen LogP contribution in [0.25, 0.3) is 0 Å². The van der Waals surface area contributed by atoms with E-state index in [1.54, 1.807) is 19.2 Å². The minimum atomic E-state index is -0.407. The van der Waals surface area contributed by atoms with Gasteiger partial charge >= 0.3 is 0 Å². The Morgan fingerprint density at radius 1 is 1.42 bits per heavy atom. The van der Waals surface area contributed by atoms with Gasteiger partial charge in [-0.2, -0.15) is 0 Å². The van der Waals surface area contributed by atoms with Gasteiger partial charge in [-0.25, -0.2) is 0 Å². The molecule has 6 heteroatoms. The Labute approximate surface area is 111 Å². The molecule has 0 amide bonds. The Balaban J connectivity index is 1.93. The summed E-state index contributed by atoms with van der Waals surface area (Å²) in [5.74, 6) is 0. The highest BCUT2D eigenvalue weighted by molar-refractivity contribution is 5.49. The van der Waals surface area contributed by atoms with Gasteiger partial charge in [0.2, 0.25) is 0 Å². The van der Waals surface area contributed by atoms with Crippen LogP contribution in [-0.2, 0) is 9.47 Å². The first-order chi connectivity index (χ1) is 9.15. The minimum absolute atomic E-state index is 0.0233. The normalized spacial score (nSPS) is 25.7. The summed E-state index contributed by atoms with van der Waals surface area (Å²) in [5.41, 5.74) is 0.947. The van der Waals surface area contributed by atoms with Crippen molar-refractivity contribution in [3.8, 4) is 0 Å². The van der Waals surface area contributed by atoms with Crippen molar-refractivity contribution < 1.29 is 14.4 Å². The standard InChI is InChI=1S/C13H18N2O4/c1-3-19-12-8-11(13(12)18-2)14-9-4-6-10(7-5-9)15(16)17/h4-7,11-14H,3,8H2,1-2H3. The number of nitro groups is 1. The number of anilines is 1. The van der Waals surface area contributed by atoms with Crippen LogP contribution in [0.5, 0.6) is 0 Å². The average molecular weight is 266 g/mol. The number of hydrogen-bond donors (Lipinski definition) is 1. The van der Waals surface area contributed by atoms with Crippen molar-refractivity contribution in [1.82, 2.24) is 0 Å². The first-order valence-electron chi connectivity index (χ1n) is 6.31. The molecule has 0 bridgehead atoms. The molecule has 1 aromatic rings. The Bertz CT molecular complexity index is 435. The number of nitro benzene ring substituents is 1. The molecular formula is C13H18N2O4. The van der Waals surface area contributed by atoms with Crippen molar-refractivity contribution in [2.75, 3.05) is 19.0 Å². The van der Waals surface area contributed by atoms with E-state index in [2.05, 4.69) is 5.32 Å². The molecule has 0 aliphatic heterocycles. The summed E-state index contributed by atoms with van der Waals surface area (Å²) in [5, 5.41) is 13.9. The van der Waals surface area contributed by atoms with E-state index < -0.39 is 4.92 Å². The van der Waals surface area contributed by atoms with E-state index in [1.807, 2.05) is 6.92 Å². The van der Waals surface area contributed by atoms with Crippen molar-refractivity contribution in [2.24, 2.45) is 0 Å². The summed E-state index contributed by atoms with van der Waals surface area (Å²) in [6, 6.07) is 6.58. The molecule has 0 spiro atoms. The van der Waals surface area contributed by atoms with Crippen LogP contribution in [0.2, 0.25) is 0 Å². The number of rotatable bonds is 6. The van der Waals surface area contributed by atoms with Crippen LogP contribution < -0.4 is 5.32 Å². The number of nitrogens with zero attached hydrogens (tertiary/aromatic N) is 1. The second kappa shape index (κ2) is 5.99. The lowest BCUT2D eigenvalue weighted by Crippen LogP contribution is -2.56. The third-order valence-corrected chi connectivity index (χ3v) is 3.33. The molecule has 1 aliphatic carbocycles. The van der Waals surface area contributed by atoms with Crippen LogP contribution in [-0.4, -0.2) is 36.9 Å². The molecular weight excluding hydrogens is 248 g/mol. The zero-order valence-corrected chi connectivity index (χ0v) is 11.0.